The summed E-state index contributed by atoms with van der Waals surface area (Å²) in [6, 6.07) is 11.2. The number of halogens is 1. The highest BCUT2D eigenvalue weighted by molar-refractivity contribution is 6.32. The van der Waals surface area contributed by atoms with Crippen molar-refractivity contribution in [2.75, 3.05) is 13.7 Å². The van der Waals surface area contributed by atoms with Crippen LogP contribution in [0.5, 0.6) is 11.6 Å². The SMILES string of the molecule is COc1cccc(COc2c(Cl)cccc2CCN)n1. The molecular weight excluding hydrogens is 276 g/mol. The van der Waals surface area contributed by atoms with Gasteiger partial charge in [0, 0.05) is 6.07 Å². The molecule has 0 amide bonds. The van der Waals surface area contributed by atoms with E-state index in [0.29, 0.717) is 29.8 Å². The number of ether oxygens (including phenoxy) is 2. The molecule has 0 unspecified atom stereocenters. The number of pyridine rings is 1. The van der Waals surface area contributed by atoms with Gasteiger partial charge in [0.25, 0.3) is 0 Å². The van der Waals surface area contributed by atoms with Gasteiger partial charge in [0.2, 0.25) is 5.88 Å². The molecule has 0 saturated carbocycles. The predicted molar refractivity (Wildman–Crippen MR) is 79.3 cm³/mol. The first-order chi connectivity index (χ1) is 9.74. The van der Waals surface area contributed by atoms with Gasteiger partial charge in [0.1, 0.15) is 12.4 Å². The number of nitrogens with zero attached hydrogens (tertiary/aromatic N) is 1. The molecule has 0 bridgehead atoms. The van der Waals surface area contributed by atoms with E-state index < -0.39 is 0 Å². The highest BCUT2D eigenvalue weighted by Gasteiger charge is 2.09. The Morgan fingerprint density at radius 1 is 1.20 bits per heavy atom. The van der Waals surface area contributed by atoms with Gasteiger partial charge in [-0.05, 0) is 30.7 Å². The second-order valence-corrected chi connectivity index (χ2v) is 4.63. The Morgan fingerprint density at radius 2 is 2.00 bits per heavy atom. The van der Waals surface area contributed by atoms with Gasteiger partial charge < -0.3 is 15.2 Å². The van der Waals surface area contributed by atoms with Crippen molar-refractivity contribution in [2.45, 2.75) is 13.0 Å². The van der Waals surface area contributed by atoms with Gasteiger partial charge in [-0.25, -0.2) is 4.98 Å². The van der Waals surface area contributed by atoms with Crippen molar-refractivity contribution in [3.63, 3.8) is 0 Å². The number of aromatic nitrogens is 1. The maximum absolute atomic E-state index is 6.18. The van der Waals surface area contributed by atoms with E-state index in [0.717, 1.165) is 17.7 Å². The zero-order valence-electron chi connectivity index (χ0n) is 11.3. The lowest BCUT2D eigenvalue weighted by molar-refractivity contribution is 0.295. The van der Waals surface area contributed by atoms with Gasteiger partial charge >= 0.3 is 0 Å². The fourth-order valence-electron chi connectivity index (χ4n) is 1.87. The normalized spacial score (nSPS) is 10.3. The summed E-state index contributed by atoms with van der Waals surface area (Å²) in [5.74, 6) is 1.23. The molecule has 2 rings (SSSR count). The van der Waals surface area contributed by atoms with Crippen LogP contribution < -0.4 is 15.2 Å². The zero-order chi connectivity index (χ0) is 14.4. The van der Waals surface area contributed by atoms with Crippen LogP contribution in [-0.4, -0.2) is 18.6 Å². The molecule has 1 aromatic carbocycles. The monoisotopic (exact) mass is 292 g/mol. The van der Waals surface area contributed by atoms with Crippen LogP contribution in [0.2, 0.25) is 5.02 Å². The average molecular weight is 293 g/mol. The van der Waals surface area contributed by atoms with Crippen molar-refractivity contribution in [1.82, 2.24) is 4.98 Å². The van der Waals surface area contributed by atoms with E-state index in [1.807, 2.05) is 24.3 Å². The first-order valence-electron chi connectivity index (χ1n) is 6.34. The molecule has 0 saturated heterocycles. The molecule has 0 spiro atoms. The highest BCUT2D eigenvalue weighted by atomic mass is 35.5. The van der Waals surface area contributed by atoms with Gasteiger partial charge in [0.15, 0.2) is 0 Å². The lowest BCUT2D eigenvalue weighted by Gasteiger charge is -2.12. The quantitative estimate of drug-likeness (QED) is 0.889. The summed E-state index contributed by atoms with van der Waals surface area (Å²) in [7, 11) is 1.58. The van der Waals surface area contributed by atoms with Crippen LogP contribution in [0.3, 0.4) is 0 Å². The molecule has 0 aliphatic carbocycles. The lowest BCUT2D eigenvalue weighted by Crippen LogP contribution is -2.06. The summed E-state index contributed by atoms with van der Waals surface area (Å²) < 4.78 is 10.9. The second-order valence-electron chi connectivity index (χ2n) is 4.23. The number of hydrogen-bond acceptors (Lipinski definition) is 4. The van der Waals surface area contributed by atoms with Crippen molar-refractivity contribution in [3.8, 4) is 11.6 Å². The summed E-state index contributed by atoms with van der Waals surface area (Å²) in [6.07, 6.45) is 0.724. The Bertz CT molecular complexity index is 576. The molecule has 1 heterocycles. The van der Waals surface area contributed by atoms with E-state index in [4.69, 9.17) is 26.8 Å². The lowest BCUT2D eigenvalue weighted by atomic mass is 10.1. The van der Waals surface area contributed by atoms with Crippen LogP contribution in [0.15, 0.2) is 36.4 Å². The summed E-state index contributed by atoms with van der Waals surface area (Å²) in [5, 5.41) is 0.582. The van der Waals surface area contributed by atoms with Crippen LogP contribution in [0, 0.1) is 0 Å². The molecule has 0 radical (unpaired) electrons. The van der Waals surface area contributed by atoms with Crippen LogP contribution >= 0.6 is 11.6 Å². The standard InChI is InChI=1S/C15H17ClN2O2/c1-19-14-7-3-5-12(18-14)10-20-15-11(8-9-17)4-2-6-13(15)16/h2-7H,8-10,17H2,1H3. The van der Waals surface area contributed by atoms with Gasteiger partial charge in [0.05, 0.1) is 17.8 Å². The van der Waals surface area contributed by atoms with Crippen LogP contribution in [0.1, 0.15) is 11.3 Å². The number of nitrogens with two attached hydrogens (primary N) is 1. The third-order valence-electron chi connectivity index (χ3n) is 2.82. The molecule has 0 atom stereocenters. The van der Waals surface area contributed by atoms with E-state index in [9.17, 15) is 0 Å². The molecular formula is C15H17ClN2O2. The Morgan fingerprint density at radius 3 is 2.75 bits per heavy atom. The number of rotatable bonds is 6. The number of methoxy groups -OCH3 is 1. The molecule has 5 heteroatoms. The van der Waals surface area contributed by atoms with E-state index in [1.165, 1.54) is 0 Å². The molecule has 0 aliphatic heterocycles. The summed E-state index contributed by atoms with van der Waals surface area (Å²) in [4.78, 5) is 4.30. The van der Waals surface area contributed by atoms with E-state index in [2.05, 4.69) is 4.98 Å². The molecule has 4 nitrogen and oxygen atoms in total. The number of hydrogen-bond donors (Lipinski definition) is 1. The Hall–Kier alpha value is -1.78. The fraction of sp³-hybridized carbons (Fsp3) is 0.267. The maximum Gasteiger partial charge on any atom is 0.213 e. The third kappa shape index (κ3) is 3.62. The smallest absolute Gasteiger partial charge is 0.213 e. The Labute approximate surface area is 123 Å². The van der Waals surface area contributed by atoms with Crippen molar-refractivity contribution >= 4 is 11.6 Å². The third-order valence-corrected chi connectivity index (χ3v) is 3.11. The Kier molecular flexibility index (Phi) is 5.21. The van der Waals surface area contributed by atoms with E-state index in [-0.39, 0.29) is 0 Å². The summed E-state index contributed by atoms with van der Waals surface area (Å²) in [5.41, 5.74) is 7.38. The van der Waals surface area contributed by atoms with Crippen LogP contribution in [0.25, 0.3) is 0 Å². The minimum absolute atomic E-state index is 0.332. The highest BCUT2D eigenvalue weighted by Crippen LogP contribution is 2.29. The predicted octanol–water partition coefficient (Wildman–Crippen LogP) is 2.82. The molecule has 2 N–H and O–H groups in total. The molecule has 0 aliphatic rings. The van der Waals surface area contributed by atoms with Crippen molar-refractivity contribution in [2.24, 2.45) is 5.73 Å². The topological polar surface area (TPSA) is 57.4 Å². The summed E-state index contributed by atoms with van der Waals surface area (Å²) >= 11 is 6.18. The molecule has 20 heavy (non-hydrogen) atoms. The first-order valence-corrected chi connectivity index (χ1v) is 6.72. The average Bonchev–Trinajstić information content (AvgIpc) is 2.47. The number of benzene rings is 1. The molecule has 1 aromatic heterocycles. The molecule has 106 valence electrons. The van der Waals surface area contributed by atoms with E-state index in [1.54, 1.807) is 19.2 Å². The van der Waals surface area contributed by atoms with Gasteiger partial charge in [-0.1, -0.05) is 29.8 Å². The molecule has 0 fully saturated rings. The fourth-order valence-corrected chi connectivity index (χ4v) is 2.11. The van der Waals surface area contributed by atoms with Crippen LogP contribution in [-0.2, 0) is 13.0 Å². The second kappa shape index (κ2) is 7.12. The maximum atomic E-state index is 6.18. The van der Waals surface area contributed by atoms with E-state index >= 15 is 0 Å². The van der Waals surface area contributed by atoms with Gasteiger partial charge in [-0.3, -0.25) is 0 Å². The van der Waals surface area contributed by atoms with Crippen molar-refractivity contribution in [1.29, 1.82) is 0 Å². The zero-order valence-corrected chi connectivity index (χ0v) is 12.1. The minimum atomic E-state index is 0.332. The molecule has 2 aromatic rings. The largest absolute Gasteiger partial charge is 0.485 e. The first kappa shape index (κ1) is 14.6. The summed E-state index contributed by atoms with van der Waals surface area (Å²) in [6.45, 7) is 0.882. The minimum Gasteiger partial charge on any atom is -0.485 e. The van der Waals surface area contributed by atoms with Crippen molar-refractivity contribution in [3.05, 3.63) is 52.7 Å². The van der Waals surface area contributed by atoms with Crippen molar-refractivity contribution < 1.29 is 9.47 Å². The Balaban J connectivity index is 2.13. The number of para-hydroxylation sites is 1. The van der Waals surface area contributed by atoms with Crippen LogP contribution in [0.4, 0.5) is 0 Å². The van der Waals surface area contributed by atoms with Gasteiger partial charge in [-0.15, -0.1) is 0 Å². The van der Waals surface area contributed by atoms with Gasteiger partial charge in [-0.2, -0.15) is 0 Å².